The van der Waals surface area contributed by atoms with Crippen molar-refractivity contribution in [3.05, 3.63) is 59.3 Å². The Morgan fingerprint density at radius 2 is 1.26 bits per heavy atom. The Kier molecular flexibility index (Phi) is 3.91. The molecular weight excluding hydrogens is 326 g/mol. The topological polar surface area (TPSA) is 44.5 Å². The molecular formula is C18H15NO2S2. The third kappa shape index (κ3) is 2.79. The maximum atomic E-state index is 6.01. The molecule has 0 spiro atoms. The van der Waals surface area contributed by atoms with Crippen LogP contribution in [0.3, 0.4) is 0 Å². The van der Waals surface area contributed by atoms with E-state index in [1.165, 1.54) is 9.40 Å². The van der Waals surface area contributed by atoms with Crippen molar-refractivity contribution >= 4 is 42.8 Å². The number of fused-ring (bicyclic) bond motifs is 2. The third-order valence-corrected chi connectivity index (χ3v) is 5.48. The molecule has 5 heteroatoms. The summed E-state index contributed by atoms with van der Waals surface area (Å²) >= 11 is 3.32. The second-order valence-corrected chi connectivity index (χ2v) is 6.92. The van der Waals surface area contributed by atoms with E-state index in [-0.39, 0.29) is 6.54 Å². The Morgan fingerprint density at radius 3 is 1.74 bits per heavy atom. The molecule has 0 saturated carbocycles. The molecule has 2 aromatic carbocycles. The van der Waals surface area contributed by atoms with E-state index >= 15 is 0 Å². The van der Waals surface area contributed by atoms with E-state index in [1.54, 1.807) is 22.7 Å². The average Bonchev–Trinajstić information content (AvgIpc) is 3.19. The second-order valence-electron chi connectivity index (χ2n) is 5.09. The summed E-state index contributed by atoms with van der Waals surface area (Å²) in [7, 11) is 0. The van der Waals surface area contributed by atoms with Gasteiger partial charge in [0.25, 0.3) is 6.29 Å². The van der Waals surface area contributed by atoms with Crippen LogP contribution in [0.4, 0.5) is 0 Å². The standard InChI is InChI=1S/C18H15NO2S2/c19-9-18(20-14-10-22-16-7-3-1-5-12(14)16)21-15-11-23-17-8-4-2-6-13(15)17/h1-8,10-11,18H,9,19H2. The molecule has 0 radical (unpaired) electrons. The smallest absolute Gasteiger partial charge is 0.253 e. The number of rotatable bonds is 5. The fourth-order valence-electron chi connectivity index (χ4n) is 2.49. The van der Waals surface area contributed by atoms with Gasteiger partial charge in [-0.3, -0.25) is 0 Å². The summed E-state index contributed by atoms with van der Waals surface area (Å²) in [6.45, 7) is 0.286. The van der Waals surface area contributed by atoms with E-state index in [2.05, 4.69) is 24.3 Å². The van der Waals surface area contributed by atoms with Gasteiger partial charge in [-0.2, -0.15) is 0 Å². The minimum absolute atomic E-state index is 0.286. The van der Waals surface area contributed by atoms with Crippen LogP contribution in [0.15, 0.2) is 59.3 Å². The lowest BCUT2D eigenvalue weighted by Gasteiger charge is -2.18. The van der Waals surface area contributed by atoms with Crippen LogP contribution in [0.5, 0.6) is 11.5 Å². The molecule has 0 aliphatic carbocycles. The normalized spacial score (nSPS) is 11.4. The van der Waals surface area contributed by atoms with Crippen LogP contribution in [0.2, 0.25) is 0 Å². The highest BCUT2D eigenvalue weighted by molar-refractivity contribution is 7.17. The van der Waals surface area contributed by atoms with Crippen molar-refractivity contribution in [1.82, 2.24) is 0 Å². The Labute approximate surface area is 141 Å². The zero-order chi connectivity index (χ0) is 15.6. The van der Waals surface area contributed by atoms with Crippen molar-refractivity contribution in [2.75, 3.05) is 6.54 Å². The lowest BCUT2D eigenvalue weighted by Crippen LogP contribution is -2.32. The van der Waals surface area contributed by atoms with Crippen molar-refractivity contribution in [2.24, 2.45) is 5.73 Å². The molecule has 2 N–H and O–H groups in total. The van der Waals surface area contributed by atoms with E-state index in [4.69, 9.17) is 15.2 Å². The first-order chi connectivity index (χ1) is 11.3. The van der Waals surface area contributed by atoms with Gasteiger partial charge in [0, 0.05) is 30.9 Å². The van der Waals surface area contributed by atoms with Gasteiger partial charge in [0.15, 0.2) is 0 Å². The third-order valence-electron chi connectivity index (χ3n) is 3.60. The molecule has 0 unspecified atom stereocenters. The fraction of sp³-hybridized carbons (Fsp3) is 0.111. The molecule has 0 aliphatic heterocycles. The van der Waals surface area contributed by atoms with Crippen LogP contribution in [0.25, 0.3) is 20.2 Å². The van der Waals surface area contributed by atoms with Gasteiger partial charge in [0.05, 0.1) is 6.54 Å². The number of ether oxygens (including phenoxy) is 2. The lowest BCUT2D eigenvalue weighted by molar-refractivity contribution is 0.0168. The lowest BCUT2D eigenvalue weighted by atomic mass is 10.2. The average molecular weight is 341 g/mol. The van der Waals surface area contributed by atoms with Crippen LogP contribution in [0.1, 0.15) is 0 Å². The van der Waals surface area contributed by atoms with E-state index in [0.29, 0.717) is 0 Å². The summed E-state index contributed by atoms with van der Waals surface area (Å²) in [5, 5.41) is 6.19. The summed E-state index contributed by atoms with van der Waals surface area (Å²) in [4.78, 5) is 0. The van der Waals surface area contributed by atoms with E-state index in [1.807, 2.05) is 35.0 Å². The molecule has 0 bridgehead atoms. The quantitative estimate of drug-likeness (QED) is 0.527. The van der Waals surface area contributed by atoms with Gasteiger partial charge >= 0.3 is 0 Å². The predicted molar refractivity (Wildman–Crippen MR) is 97.7 cm³/mol. The maximum Gasteiger partial charge on any atom is 0.253 e. The summed E-state index contributed by atoms with van der Waals surface area (Å²) in [5.41, 5.74) is 5.85. The van der Waals surface area contributed by atoms with Gasteiger partial charge in [-0.05, 0) is 24.3 Å². The number of thiophene rings is 2. The predicted octanol–water partition coefficient (Wildman–Crippen LogP) is 4.86. The molecule has 116 valence electrons. The molecule has 2 heterocycles. The number of hydrogen-bond donors (Lipinski definition) is 1. The molecule has 2 aromatic heterocycles. The molecule has 0 atom stereocenters. The second kappa shape index (κ2) is 6.20. The van der Waals surface area contributed by atoms with Crippen LogP contribution >= 0.6 is 22.7 Å². The Bertz CT molecular complexity index is 868. The molecule has 23 heavy (non-hydrogen) atoms. The Balaban J connectivity index is 1.59. The first-order valence-electron chi connectivity index (χ1n) is 7.31. The van der Waals surface area contributed by atoms with E-state index in [9.17, 15) is 0 Å². The van der Waals surface area contributed by atoms with E-state index in [0.717, 1.165) is 22.3 Å². The van der Waals surface area contributed by atoms with Gasteiger partial charge < -0.3 is 15.2 Å². The molecule has 4 rings (SSSR count). The molecule has 4 aromatic rings. The van der Waals surface area contributed by atoms with Crippen molar-refractivity contribution in [3.63, 3.8) is 0 Å². The summed E-state index contributed by atoms with van der Waals surface area (Å²) in [5.74, 6) is 1.64. The minimum atomic E-state index is -0.508. The van der Waals surface area contributed by atoms with Crippen LogP contribution in [-0.4, -0.2) is 12.8 Å². The largest absolute Gasteiger partial charge is 0.452 e. The highest BCUT2D eigenvalue weighted by atomic mass is 32.1. The van der Waals surface area contributed by atoms with Crippen LogP contribution in [0, 0.1) is 0 Å². The monoisotopic (exact) mass is 341 g/mol. The highest BCUT2D eigenvalue weighted by Gasteiger charge is 2.15. The van der Waals surface area contributed by atoms with Crippen molar-refractivity contribution in [2.45, 2.75) is 6.29 Å². The molecule has 0 amide bonds. The Hall–Kier alpha value is -2.08. The summed E-state index contributed by atoms with van der Waals surface area (Å²) < 4.78 is 14.4. The Morgan fingerprint density at radius 1 is 0.783 bits per heavy atom. The molecule has 3 nitrogen and oxygen atoms in total. The van der Waals surface area contributed by atoms with Crippen molar-refractivity contribution < 1.29 is 9.47 Å². The van der Waals surface area contributed by atoms with Gasteiger partial charge in [-0.25, -0.2) is 0 Å². The summed E-state index contributed by atoms with van der Waals surface area (Å²) in [6.07, 6.45) is -0.508. The number of nitrogens with two attached hydrogens (primary N) is 1. The SMILES string of the molecule is NCC(Oc1csc2ccccc12)Oc1csc2ccccc12. The number of hydrogen-bond acceptors (Lipinski definition) is 5. The zero-order valence-electron chi connectivity index (χ0n) is 12.3. The van der Waals surface area contributed by atoms with Gasteiger partial charge in [0.1, 0.15) is 11.5 Å². The van der Waals surface area contributed by atoms with E-state index < -0.39 is 6.29 Å². The van der Waals surface area contributed by atoms with Gasteiger partial charge in [-0.1, -0.05) is 24.3 Å². The van der Waals surface area contributed by atoms with Gasteiger partial charge in [-0.15, -0.1) is 22.7 Å². The molecule has 0 saturated heterocycles. The summed E-state index contributed by atoms with van der Waals surface area (Å²) in [6, 6.07) is 16.3. The minimum Gasteiger partial charge on any atom is -0.452 e. The molecule has 0 aliphatic rings. The molecule has 0 fully saturated rings. The zero-order valence-corrected chi connectivity index (χ0v) is 13.9. The van der Waals surface area contributed by atoms with Crippen LogP contribution in [-0.2, 0) is 0 Å². The maximum absolute atomic E-state index is 6.01. The number of benzene rings is 2. The first-order valence-corrected chi connectivity index (χ1v) is 9.07. The fourth-order valence-corrected chi connectivity index (χ4v) is 4.23. The van der Waals surface area contributed by atoms with Crippen LogP contribution < -0.4 is 15.2 Å². The van der Waals surface area contributed by atoms with Gasteiger partial charge in [0.2, 0.25) is 0 Å². The first kappa shape index (κ1) is 14.5. The van der Waals surface area contributed by atoms with Crippen molar-refractivity contribution in [1.29, 1.82) is 0 Å². The highest BCUT2D eigenvalue weighted by Crippen LogP contribution is 2.35. The van der Waals surface area contributed by atoms with Crippen molar-refractivity contribution in [3.8, 4) is 11.5 Å².